The fraction of sp³-hybridized carbons (Fsp3) is 0.553. The van der Waals surface area contributed by atoms with Crippen LogP contribution in [-0.2, 0) is 45.1 Å². The summed E-state index contributed by atoms with van der Waals surface area (Å²) in [5, 5.41) is 14.5. The molecule has 3 amide bonds. The molecule has 2 aromatic heterocycles. The van der Waals surface area contributed by atoms with Crippen molar-refractivity contribution in [3.8, 4) is 5.75 Å². The molecule has 3 saturated heterocycles. The van der Waals surface area contributed by atoms with Crippen LogP contribution in [0.25, 0.3) is 0 Å². The van der Waals surface area contributed by atoms with Crippen LogP contribution in [0.1, 0.15) is 95.5 Å². The first-order valence-corrected chi connectivity index (χ1v) is 23.0. The van der Waals surface area contributed by atoms with Gasteiger partial charge in [0.1, 0.15) is 30.0 Å². The zero-order valence-corrected chi connectivity index (χ0v) is 37.5. The number of hydrogen-bond donors (Lipinski definition) is 3. The number of benzene rings is 2. The lowest BCUT2D eigenvalue weighted by atomic mass is 9.84. The molecule has 64 heavy (non-hydrogen) atoms. The normalized spacial score (nSPS) is 21.2. The number of rotatable bonds is 17. The van der Waals surface area contributed by atoms with Crippen LogP contribution in [0.3, 0.4) is 0 Å². The third-order valence-electron chi connectivity index (χ3n) is 13.6. The van der Waals surface area contributed by atoms with Gasteiger partial charge in [-0.05, 0) is 93.9 Å². The van der Waals surface area contributed by atoms with Gasteiger partial charge in [0.2, 0.25) is 35.4 Å². The molecule has 340 valence electrons. The molecule has 0 spiro atoms. The summed E-state index contributed by atoms with van der Waals surface area (Å²) in [6.45, 7) is 8.26. The van der Waals surface area contributed by atoms with Crippen molar-refractivity contribution in [2.75, 3.05) is 42.3 Å². The van der Waals surface area contributed by atoms with Crippen LogP contribution >= 0.6 is 0 Å². The maximum absolute atomic E-state index is 14.9. The SMILES string of the molecule is CCC(C)(C)C(=O)C(=O)N1CCCC[C@H]1C(=O)N[C@H](CCc1ccc(OC)cc1)C(=O)N1[C@@H]2CC[C@H]1CC(Nc1nc(NCCc3ccccc3)nc(N3CCn4ncnc4C3)n1)C2. The number of Topliss-reactive ketones (excluding diaryl/α,β-unsaturated/α-hetero) is 1. The smallest absolute Gasteiger partial charge is 0.291 e. The Bertz CT molecular complexity index is 2250. The van der Waals surface area contributed by atoms with Crippen LogP contribution < -0.4 is 25.6 Å². The second-order valence-electron chi connectivity index (χ2n) is 18.2. The molecule has 0 aliphatic carbocycles. The molecule has 17 nitrogen and oxygen atoms in total. The van der Waals surface area contributed by atoms with Crippen molar-refractivity contribution in [1.82, 2.24) is 44.8 Å². The summed E-state index contributed by atoms with van der Waals surface area (Å²) in [5.41, 5.74) is 1.39. The topological polar surface area (TPSA) is 193 Å². The number of anilines is 3. The number of nitrogens with zero attached hydrogens (tertiary/aromatic N) is 9. The minimum Gasteiger partial charge on any atom is -0.497 e. The van der Waals surface area contributed by atoms with Gasteiger partial charge < -0.3 is 35.4 Å². The van der Waals surface area contributed by atoms with Crippen molar-refractivity contribution in [2.45, 2.75) is 135 Å². The fourth-order valence-corrected chi connectivity index (χ4v) is 9.52. The first-order valence-electron chi connectivity index (χ1n) is 23.0. The zero-order valence-electron chi connectivity index (χ0n) is 37.5. The minimum atomic E-state index is -0.837. The molecule has 3 fully saturated rings. The van der Waals surface area contributed by atoms with Crippen LogP contribution in [-0.4, -0.2) is 120 Å². The average molecular weight is 875 g/mol. The first kappa shape index (κ1) is 44.5. The molecule has 2 bridgehead atoms. The van der Waals surface area contributed by atoms with Crippen LogP contribution in [0.5, 0.6) is 5.75 Å². The van der Waals surface area contributed by atoms with E-state index in [9.17, 15) is 19.2 Å². The quantitative estimate of drug-likeness (QED) is 0.125. The fourth-order valence-electron chi connectivity index (χ4n) is 9.52. The predicted molar refractivity (Wildman–Crippen MR) is 242 cm³/mol. The van der Waals surface area contributed by atoms with Crippen molar-refractivity contribution in [3.05, 3.63) is 77.9 Å². The highest BCUT2D eigenvalue weighted by atomic mass is 16.5. The molecular formula is C47H62N12O5. The van der Waals surface area contributed by atoms with Gasteiger partial charge in [-0.2, -0.15) is 20.1 Å². The number of fused-ring (bicyclic) bond motifs is 3. The van der Waals surface area contributed by atoms with Gasteiger partial charge >= 0.3 is 0 Å². The lowest BCUT2D eigenvalue weighted by Crippen LogP contribution is -2.60. The Balaban J connectivity index is 0.979. The summed E-state index contributed by atoms with van der Waals surface area (Å²) in [7, 11) is 1.62. The Morgan fingerprint density at radius 2 is 1.59 bits per heavy atom. The van der Waals surface area contributed by atoms with Gasteiger partial charge in [0.25, 0.3) is 5.91 Å². The number of piperidine rings is 2. The largest absolute Gasteiger partial charge is 0.497 e. The number of ketones is 1. The van der Waals surface area contributed by atoms with E-state index in [0.29, 0.717) is 95.5 Å². The van der Waals surface area contributed by atoms with E-state index in [-0.39, 0.29) is 29.9 Å². The lowest BCUT2D eigenvalue weighted by molar-refractivity contribution is -0.154. The molecule has 6 heterocycles. The molecule has 5 atom stereocenters. The van der Waals surface area contributed by atoms with E-state index in [1.807, 2.05) is 59.0 Å². The number of carbonyl (C=O) groups excluding carboxylic acids is 4. The highest BCUT2D eigenvalue weighted by molar-refractivity contribution is 6.38. The molecule has 8 rings (SSSR count). The van der Waals surface area contributed by atoms with Gasteiger partial charge in [-0.3, -0.25) is 19.2 Å². The van der Waals surface area contributed by atoms with E-state index in [4.69, 9.17) is 19.7 Å². The molecule has 0 radical (unpaired) electrons. The molecule has 4 aromatic rings. The monoisotopic (exact) mass is 874 g/mol. The molecule has 0 saturated carbocycles. The second kappa shape index (κ2) is 19.7. The van der Waals surface area contributed by atoms with E-state index in [2.05, 4.69) is 43.1 Å². The third-order valence-corrected chi connectivity index (χ3v) is 13.6. The van der Waals surface area contributed by atoms with Crippen LogP contribution in [0.4, 0.5) is 17.8 Å². The summed E-state index contributed by atoms with van der Waals surface area (Å²) in [5.74, 6) is 1.48. The third kappa shape index (κ3) is 10.1. The number of ether oxygens (including phenoxy) is 1. The van der Waals surface area contributed by atoms with E-state index in [1.54, 1.807) is 27.3 Å². The standard InChI is InChI=1S/C47H62N12O5/c1-5-47(2,3)40(60)43(63)57-24-10-9-13-38(57)41(61)52-37(21-16-32-14-19-36(64-4)20-15-32)42(62)59-34-17-18-35(59)28-33(27-34)51-45-53-44(48-23-22-31-11-7-6-8-12-31)54-46(55-45)56-25-26-58-39(29-56)49-30-50-58/h6-8,11-12,14-15,19-20,30,33-35,37-38H,5,9-10,13,16-18,21-29H2,1-4H3,(H,52,61)(H2,48,51,53,54,55)/t33?,34-,35+,37-,38+/m1/s1. The number of amides is 3. The van der Waals surface area contributed by atoms with Gasteiger partial charge in [0.15, 0.2) is 0 Å². The number of aryl methyl sites for hydroxylation is 1. The van der Waals surface area contributed by atoms with Gasteiger partial charge in [0.05, 0.1) is 20.2 Å². The maximum Gasteiger partial charge on any atom is 0.291 e. The zero-order chi connectivity index (χ0) is 44.8. The van der Waals surface area contributed by atoms with Crippen molar-refractivity contribution >= 4 is 41.3 Å². The maximum atomic E-state index is 14.9. The van der Waals surface area contributed by atoms with E-state index < -0.39 is 29.2 Å². The summed E-state index contributed by atoms with van der Waals surface area (Å²) in [4.78, 5) is 80.7. The van der Waals surface area contributed by atoms with Crippen molar-refractivity contribution in [3.63, 3.8) is 0 Å². The number of aromatic nitrogens is 6. The Morgan fingerprint density at radius 1 is 0.859 bits per heavy atom. The Morgan fingerprint density at radius 3 is 2.33 bits per heavy atom. The van der Waals surface area contributed by atoms with Crippen LogP contribution in [0, 0.1) is 5.41 Å². The van der Waals surface area contributed by atoms with Gasteiger partial charge in [-0.25, -0.2) is 9.67 Å². The highest BCUT2D eigenvalue weighted by Crippen LogP contribution is 2.38. The van der Waals surface area contributed by atoms with Crippen molar-refractivity contribution in [1.29, 1.82) is 0 Å². The Labute approximate surface area is 375 Å². The molecular weight excluding hydrogens is 813 g/mol. The van der Waals surface area contributed by atoms with Crippen molar-refractivity contribution < 1.29 is 23.9 Å². The summed E-state index contributed by atoms with van der Waals surface area (Å²) in [6, 6.07) is 16.3. The summed E-state index contributed by atoms with van der Waals surface area (Å²) >= 11 is 0. The van der Waals surface area contributed by atoms with E-state index in [0.717, 1.165) is 42.8 Å². The number of nitrogens with one attached hydrogen (secondary N) is 3. The van der Waals surface area contributed by atoms with E-state index in [1.165, 1.54) is 10.5 Å². The Hall–Kier alpha value is -6.13. The van der Waals surface area contributed by atoms with Gasteiger partial charge in [-0.15, -0.1) is 0 Å². The number of hydrogen-bond acceptors (Lipinski definition) is 13. The molecule has 3 N–H and O–H groups in total. The van der Waals surface area contributed by atoms with Gasteiger partial charge in [0, 0.05) is 43.2 Å². The van der Waals surface area contributed by atoms with Crippen LogP contribution in [0.15, 0.2) is 60.9 Å². The number of likely N-dealkylation sites (tertiary alicyclic amines) is 1. The molecule has 4 aliphatic heterocycles. The Kier molecular flexibility index (Phi) is 13.7. The molecule has 2 aromatic carbocycles. The summed E-state index contributed by atoms with van der Waals surface area (Å²) in [6.07, 6.45) is 8.76. The van der Waals surface area contributed by atoms with E-state index >= 15 is 0 Å². The predicted octanol–water partition coefficient (Wildman–Crippen LogP) is 4.58. The summed E-state index contributed by atoms with van der Waals surface area (Å²) < 4.78 is 7.26. The molecule has 4 aliphatic rings. The first-order chi connectivity index (χ1) is 31.0. The minimum absolute atomic E-state index is 0.00233. The van der Waals surface area contributed by atoms with Crippen molar-refractivity contribution in [2.24, 2.45) is 5.41 Å². The number of carbonyl (C=O) groups is 4. The second-order valence-corrected chi connectivity index (χ2v) is 18.2. The van der Waals surface area contributed by atoms with Crippen LogP contribution in [0.2, 0.25) is 0 Å². The highest BCUT2D eigenvalue weighted by Gasteiger charge is 2.46. The number of methoxy groups -OCH3 is 1. The molecule has 17 heteroatoms. The molecule has 1 unspecified atom stereocenters. The lowest BCUT2D eigenvalue weighted by Gasteiger charge is -2.41. The average Bonchev–Trinajstić information content (AvgIpc) is 3.90. The van der Waals surface area contributed by atoms with Gasteiger partial charge in [-0.1, -0.05) is 63.2 Å².